The lowest BCUT2D eigenvalue weighted by atomic mass is 9.53. The lowest BCUT2D eigenvalue weighted by molar-refractivity contribution is -0.122. The number of ether oxygens (including phenoxy) is 3. The summed E-state index contributed by atoms with van der Waals surface area (Å²) < 4.78 is 16.3. The number of carbonyl (C=O) groups excluding carboxylic acids is 1. The number of methoxy groups -OCH3 is 3. The second-order valence-corrected chi connectivity index (χ2v) is 9.23. The minimum atomic E-state index is -0.530. The minimum absolute atomic E-state index is 0.0385. The molecule has 5 rings (SSSR count). The van der Waals surface area contributed by atoms with Gasteiger partial charge in [-0.1, -0.05) is 6.07 Å². The van der Waals surface area contributed by atoms with Crippen molar-refractivity contribution in [3.63, 3.8) is 0 Å². The van der Waals surface area contributed by atoms with E-state index in [2.05, 4.69) is 11.9 Å². The minimum Gasteiger partial charge on any atom is -0.504 e. The molecule has 3 atom stereocenters. The molecule has 174 valence electrons. The fraction of sp³-hybridized carbons (Fsp3) is 0.423. The summed E-state index contributed by atoms with van der Waals surface area (Å²) in [6.07, 6.45) is 3.71. The Morgan fingerprint density at radius 1 is 1.06 bits per heavy atom. The van der Waals surface area contributed by atoms with Gasteiger partial charge in [0.15, 0.2) is 34.5 Å². The molecule has 1 fully saturated rings. The van der Waals surface area contributed by atoms with Gasteiger partial charge >= 0.3 is 0 Å². The molecule has 0 spiro atoms. The number of nitrogens with zero attached hydrogens (tertiary/aromatic N) is 1. The zero-order chi connectivity index (χ0) is 23.5. The van der Waals surface area contributed by atoms with Gasteiger partial charge in [0.1, 0.15) is 0 Å². The van der Waals surface area contributed by atoms with E-state index in [9.17, 15) is 15.0 Å². The summed E-state index contributed by atoms with van der Waals surface area (Å²) >= 11 is 0. The summed E-state index contributed by atoms with van der Waals surface area (Å²) in [6.45, 7) is 0.836. The lowest BCUT2D eigenvalue weighted by Gasteiger charge is -2.56. The summed E-state index contributed by atoms with van der Waals surface area (Å²) in [5.41, 5.74) is 3.04. The number of hydrogen-bond acceptors (Lipinski definition) is 7. The number of likely N-dealkylation sites (N-methyl/N-ethyl adjacent to an activating group) is 1. The van der Waals surface area contributed by atoms with Crippen LogP contribution in [0, 0.1) is 5.92 Å². The standard InChI is InChI=1S/C26H29NO6/c1-27-8-7-26-13-20(29)22(32-3)12-17(26)18(27)10-16-15(11-23(33-4)25(30)24(16)26)14-5-6-19(28)21(9-14)31-2/h5-6,9,11-12,17-18,28,30H,7-8,10,13H2,1-4H3/t17-,18+,26-/m1/s1. The molecule has 7 nitrogen and oxygen atoms in total. The van der Waals surface area contributed by atoms with E-state index >= 15 is 0 Å². The van der Waals surface area contributed by atoms with Crippen molar-refractivity contribution >= 4 is 5.78 Å². The molecule has 33 heavy (non-hydrogen) atoms. The number of likely N-dealkylation sites (tertiary alicyclic amines) is 1. The molecule has 0 radical (unpaired) electrons. The van der Waals surface area contributed by atoms with Gasteiger partial charge in [-0.2, -0.15) is 0 Å². The lowest BCUT2D eigenvalue weighted by Crippen LogP contribution is -2.60. The third-order valence-corrected chi connectivity index (χ3v) is 7.83. The molecule has 7 heteroatoms. The fourth-order valence-corrected chi connectivity index (χ4v) is 6.21. The van der Waals surface area contributed by atoms with E-state index in [-0.39, 0.29) is 35.7 Å². The van der Waals surface area contributed by atoms with Crippen LogP contribution in [0.5, 0.6) is 23.0 Å². The highest BCUT2D eigenvalue weighted by Crippen LogP contribution is 2.59. The number of fused-ring (bicyclic) bond motifs is 1. The largest absolute Gasteiger partial charge is 0.504 e. The number of phenols is 2. The molecular formula is C26H29NO6. The number of carbonyl (C=O) groups is 1. The van der Waals surface area contributed by atoms with Crippen molar-refractivity contribution in [2.24, 2.45) is 5.92 Å². The maximum atomic E-state index is 13.0. The number of rotatable bonds is 4. The van der Waals surface area contributed by atoms with E-state index in [1.165, 1.54) is 21.3 Å². The molecule has 2 bridgehead atoms. The van der Waals surface area contributed by atoms with E-state index in [1.807, 2.05) is 18.2 Å². The number of ketones is 1. The maximum Gasteiger partial charge on any atom is 0.197 e. The van der Waals surface area contributed by atoms with Crippen LogP contribution in [0.1, 0.15) is 24.0 Å². The number of hydrogen-bond donors (Lipinski definition) is 2. The predicted molar refractivity (Wildman–Crippen MR) is 123 cm³/mol. The van der Waals surface area contributed by atoms with Crippen LogP contribution in [0.2, 0.25) is 0 Å². The average molecular weight is 452 g/mol. The second kappa shape index (κ2) is 7.70. The third-order valence-electron chi connectivity index (χ3n) is 7.83. The van der Waals surface area contributed by atoms with Crippen molar-refractivity contribution in [3.8, 4) is 34.1 Å². The quantitative estimate of drug-likeness (QED) is 0.737. The van der Waals surface area contributed by atoms with Crippen molar-refractivity contribution in [2.75, 3.05) is 34.9 Å². The molecule has 2 aliphatic carbocycles. The zero-order valence-corrected chi connectivity index (χ0v) is 19.3. The van der Waals surface area contributed by atoms with Gasteiger partial charge in [-0.25, -0.2) is 0 Å². The predicted octanol–water partition coefficient (Wildman–Crippen LogP) is 3.40. The van der Waals surface area contributed by atoms with Crippen LogP contribution in [-0.2, 0) is 21.4 Å². The molecule has 1 heterocycles. The molecule has 1 saturated heterocycles. The Labute approximate surface area is 193 Å². The van der Waals surface area contributed by atoms with Gasteiger partial charge in [0.2, 0.25) is 0 Å². The summed E-state index contributed by atoms with van der Waals surface area (Å²) in [5, 5.41) is 21.5. The van der Waals surface area contributed by atoms with Crippen LogP contribution in [0.25, 0.3) is 11.1 Å². The van der Waals surface area contributed by atoms with Gasteiger partial charge in [-0.3, -0.25) is 4.79 Å². The molecule has 3 aliphatic rings. The van der Waals surface area contributed by atoms with E-state index in [0.717, 1.165) is 35.2 Å². The van der Waals surface area contributed by atoms with Gasteiger partial charge in [-0.05, 0) is 67.4 Å². The van der Waals surface area contributed by atoms with Crippen LogP contribution in [0.3, 0.4) is 0 Å². The summed E-state index contributed by atoms with van der Waals surface area (Å²) in [7, 11) is 6.70. The highest BCUT2D eigenvalue weighted by atomic mass is 16.5. The Morgan fingerprint density at radius 2 is 1.82 bits per heavy atom. The van der Waals surface area contributed by atoms with Crippen molar-refractivity contribution in [1.82, 2.24) is 4.90 Å². The van der Waals surface area contributed by atoms with E-state index in [1.54, 1.807) is 12.1 Å². The maximum absolute atomic E-state index is 13.0. The Morgan fingerprint density at radius 3 is 2.52 bits per heavy atom. The zero-order valence-electron chi connectivity index (χ0n) is 19.3. The number of allylic oxidation sites excluding steroid dienone is 1. The van der Waals surface area contributed by atoms with Crippen LogP contribution in [0.15, 0.2) is 36.1 Å². The first-order valence-corrected chi connectivity index (χ1v) is 11.1. The molecule has 2 N–H and O–H groups in total. The Balaban J connectivity index is 1.81. The Hall–Kier alpha value is -3.19. The van der Waals surface area contributed by atoms with E-state index in [4.69, 9.17) is 14.2 Å². The third kappa shape index (κ3) is 3.02. The number of benzene rings is 2. The average Bonchev–Trinajstić information content (AvgIpc) is 2.81. The normalized spacial score (nSPS) is 26.2. The fourth-order valence-electron chi connectivity index (χ4n) is 6.21. The van der Waals surface area contributed by atoms with Crippen LogP contribution < -0.4 is 9.47 Å². The van der Waals surface area contributed by atoms with Gasteiger partial charge in [-0.15, -0.1) is 0 Å². The van der Waals surface area contributed by atoms with Crippen LogP contribution >= 0.6 is 0 Å². The second-order valence-electron chi connectivity index (χ2n) is 9.23. The summed E-state index contributed by atoms with van der Waals surface area (Å²) in [6, 6.07) is 7.24. The first kappa shape index (κ1) is 21.6. The van der Waals surface area contributed by atoms with E-state index in [0.29, 0.717) is 23.7 Å². The van der Waals surface area contributed by atoms with Crippen molar-refractivity contribution < 1.29 is 29.2 Å². The number of piperidine rings is 1. The van der Waals surface area contributed by atoms with Gasteiger partial charge in [0, 0.05) is 29.4 Å². The Kier molecular flexibility index (Phi) is 5.05. The highest BCUT2D eigenvalue weighted by Gasteiger charge is 2.57. The van der Waals surface area contributed by atoms with Crippen molar-refractivity contribution in [1.29, 1.82) is 0 Å². The SMILES string of the molecule is COC1=C[C@@H]2[C@@H]3Cc4c(-c5ccc(O)c(OC)c5)cc(OC)c(O)c4[C@]2(CCN3C)CC1=O. The molecule has 0 saturated carbocycles. The molecular weight excluding hydrogens is 422 g/mol. The smallest absolute Gasteiger partial charge is 0.197 e. The van der Waals surface area contributed by atoms with Crippen LogP contribution in [0.4, 0.5) is 0 Å². The van der Waals surface area contributed by atoms with Gasteiger partial charge in [0.25, 0.3) is 0 Å². The number of aromatic hydroxyl groups is 2. The van der Waals surface area contributed by atoms with Gasteiger partial charge < -0.3 is 29.3 Å². The first-order valence-electron chi connectivity index (χ1n) is 11.1. The Bertz CT molecular complexity index is 1170. The molecule has 0 amide bonds. The van der Waals surface area contributed by atoms with Gasteiger partial charge in [0.05, 0.1) is 21.3 Å². The molecule has 0 aromatic heterocycles. The van der Waals surface area contributed by atoms with Crippen LogP contribution in [-0.4, -0.2) is 61.9 Å². The molecule has 0 unspecified atom stereocenters. The number of phenolic OH excluding ortho intramolecular Hbond substituents is 2. The number of Topliss-reactive ketones (excluding diaryl/α,β-unsaturated/α-hetero) is 1. The summed E-state index contributed by atoms with van der Waals surface area (Å²) in [4.78, 5) is 15.4. The highest BCUT2D eigenvalue weighted by molar-refractivity contribution is 5.96. The summed E-state index contributed by atoms with van der Waals surface area (Å²) in [5.74, 6) is 1.32. The molecule has 2 aromatic carbocycles. The monoisotopic (exact) mass is 451 g/mol. The topological polar surface area (TPSA) is 88.5 Å². The molecule has 2 aromatic rings. The first-order chi connectivity index (χ1) is 15.8. The van der Waals surface area contributed by atoms with Crippen molar-refractivity contribution in [2.45, 2.75) is 30.7 Å². The van der Waals surface area contributed by atoms with Crippen molar-refractivity contribution in [3.05, 3.63) is 47.2 Å². The van der Waals surface area contributed by atoms with E-state index < -0.39 is 5.41 Å². The molecule has 1 aliphatic heterocycles.